The van der Waals surface area contributed by atoms with Gasteiger partial charge in [-0.15, -0.1) is 0 Å². The number of amides is 1. The zero-order chi connectivity index (χ0) is 21.0. The number of aromatic amines is 1. The predicted molar refractivity (Wildman–Crippen MR) is 110 cm³/mol. The lowest BCUT2D eigenvalue weighted by Gasteiger charge is -2.18. The second-order valence-electron chi connectivity index (χ2n) is 6.58. The van der Waals surface area contributed by atoms with Crippen LogP contribution in [0, 0.1) is 0 Å². The highest BCUT2D eigenvalue weighted by molar-refractivity contribution is 5.79. The summed E-state index contributed by atoms with van der Waals surface area (Å²) in [6, 6.07) is 11.8. The van der Waals surface area contributed by atoms with Crippen molar-refractivity contribution in [2.75, 3.05) is 14.2 Å². The van der Waals surface area contributed by atoms with Gasteiger partial charge in [0.05, 0.1) is 31.2 Å². The summed E-state index contributed by atoms with van der Waals surface area (Å²) in [6.07, 6.45) is 0.0760. The fraction of sp³-hybridized carbons (Fsp3) is 0.286. The molecule has 2 N–H and O–H groups in total. The average Bonchev–Trinajstić information content (AvgIpc) is 2.73. The molecule has 0 aliphatic carbocycles. The number of carbonyl (C=O) groups is 1. The molecule has 0 saturated carbocycles. The van der Waals surface area contributed by atoms with Crippen LogP contribution in [0.2, 0.25) is 0 Å². The lowest BCUT2D eigenvalue weighted by molar-refractivity contribution is -0.121. The molecule has 2 aromatic carbocycles. The first-order valence-corrected chi connectivity index (χ1v) is 9.17. The summed E-state index contributed by atoms with van der Waals surface area (Å²) in [5, 5.41) is 3.31. The van der Waals surface area contributed by atoms with Crippen LogP contribution in [0.1, 0.15) is 24.9 Å². The van der Waals surface area contributed by atoms with Gasteiger partial charge in [-0.05, 0) is 37.3 Å². The zero-order valence-corrected chi connectivity index (χ0v) is 16.5. The van der Waals surface area contributed by atoms with Crippen LogP contribution in [0.25, 0.3) is 10.9 Å². The average molecular weight is 397 g/mol. The van der Waals surface area contributed by atoms with Crippen molar-refractivity contribution in [1.29, 1.82) is 0 Å². The second-order valence-corrected chi connectivity index (χ2v) is 6.58. The van der Waals surface area contributed by atoms with Gasteiger partial charge in [0.15, 0.2) is 0 Å². The van der Waals surface area contributed by atoms with E-state index in [1.54, 1.807) is 50.6 Å². The Morgan fingerprint density at radius 3 is 2.62 bits per heavy atom. The van der Waals surface area contributed by atoms with Gasteiger partial charge >= 0.3 is 5.69 Å². The zero-order valence-electron chi connectivity index (χ0n) is 16.5. The van der Waals surface area contributed by atoms with E-state index in [0.29, 0.717) is 22.4 Å². The molecular weight excluding hydrogens is 374 g/mol. The molecule has 0 radical (unpaired) electrons. The SMILES string of the molecule is COc1ccc(OC)c([C@H](C)NC(=O)CCn2c(=O)[nH]c(=O)c3ccccc32)c1. The van der Waals surface area contributed by atoms with Crippen LogP contribution in [0.4, 0.5) is 0 Å². The first-order chi connectivity index (χ1) is 13.9. The Labute approximate surface area is 167 Å². The molecule has 3 rings (SSSR count). The first kappa shape index (κ1) is 20.2. The van der Waals surface area contributed by atoms with Crippen LogP contribution in [-0.4, -0.2) is 29.7 Å². The van der Waals surface area contributed by atoms with Crippen LogP contribution < -0.4 is 26.0 Å². The van der Waals surface area contributed by atoms with E-state index in [1.807, 2.05) is 13.0 Å². The van der Waals surface area contributed by atoms with Crippen molar-refractivity contribution in [3.63, 3.8) is 0 Å². The minimum Gasteiger partial charge on any atom is -0.497 e. The van der Waals surface area contributed by atoms with Crippen molar-refractivity contribution in [2.24, 2.45) is 0 Å². The Balaban J connectivity index is 1.75. The predicted octanol–water partition coefficient (Wildman–Crippen LogP) is 1.97. The van der Waals surface area contributed by atoms with Crippen LogP contribution in [0.5, 0.6) is 11.5 Å². The number of hydrogen-bond acceptors (Lipinski definition) is 5. The second kappa shape index (κ2) is 8.64. The monoisotopic (exact) mass is 397 g/mol. The fourth-order valence-electron chi connectivity index (χ4n) is 3.25. The Morgan fingerprint density at radius 1 is 1.14 bits per heavy atom. The largest absolute Gasteiger partial charge is 0.497 e. The van der Waals surface area contributed by atoms with Crippen molar-refractivity contribution in [3.8, 4) is 11.5 Å². The number of fused-ring (bicyclic) bond motifs is 1. The van der Waals surface area contributed by atoms with Gasteiger partial charge in [0, 0.05) is 18.5 Å². The normalized spacial score (nSPS) is 11.8. The number of para-hydroxylation sites is 1. The molecule has 8 nitrogen and oxygen atoms in total. The number of benzene rings is 2. The lowest BCUT2D eigenvalue weighted by atomic mass is 10.1. The van der Waals surface area contributed by atoms with Crippen molar-refractivity contribution in [2.45, 2.75) is 25.9 Å². The minimum absolute atomic E-state index is 0.0760. The molecule has 152 valence electrons. The van der Waals surface area contributed by atoms with Crippen LogP contribution in [-0.2, 0) is 11.3 Å². The molecule has 0 aliphatic heterocycles. The number of aromatic nitrogens is 2. The van der Waals surface area contributed by atoms with E-state index in [1.165, 1.54) is 4.57 Å². The number of nitrogens with one attached hydrogen (secondary N) is 2. The minimum atomic E-state index is -0.538. The summed E-state index contributed by atoms with van der Waals surface area (Å²) in [4.78, 5) is 38.9. The molecule has 1 heterocycles. The highest BCUT2D eigenvalue weighted by Gasteiger charge is 2.16. The van der Waals surface area contributed by atoms with Gasteiger partial charge in [-0.25, -0.2) is 4.79 Å². The molecule has 0 fully saturated rings. The Kier molecular flexibility index (Phi) is 6.01. The Morgan fingerprint density at radius 2 is 1.90 bits per heavy atom. The van der Waals surface area contributed by atoms with Crippen molar-refractivity contribution in [3.05, 3.63) is 68.9 Å². The summed E-state index contributed by atoms with van der Waals surface area (Å²) in [7, 11) is 3.13. The molecule has 0 bridgehead atoms. The van der Waals surface area contributed by atoms with E-state index >= 15 is 0 Å². The fourth-order valence-corrected chi connectivity index (χ4v) is 3.25. The maximum atomic E-state index is 12.5. The molecule has 0 aliphatic rings. The molecule has 8 heteroatoms. The van der Waals surface area contributed by atoms with E-state index in [-0.39, 0.29) is 24.9 Å². The number of rotatable bonds is 7. The summed E-state index contributed by atoms with van der Waals surface area (Å²) in [5.41, 5.74) is 0.303. The maximum Gasteiger partial charge on any atom is 0.328 e. The van der Waals surface area contributed by atoms with Crippen LogP contribution in [0.15, 0.2) is 52.1 Å². The Hall–Kier alpha value is -3.55. The van der Waals surface area contributed by atoms with E-state index in [4.69, 9.17) is 9.47 Å². The van der Waals surface area contributed by atoms with Crippen molar-refractivity contribution < 1.29 is 14.3 Å². The first-order valence-electron chi connectivity index (χ1n) is 9.17. The summed E-state index contributed by atoms with van der Waals surface area (Å²) in [6.45, 7) is 1.99. The van der Waals surface area contributed by atoms with Gasteiger partial charge in [0.2, 0.25) is 5.91 Å². The number of methoxy groups -OCH3 is 2. The number of nitrogens with zero attached hydrogens (tertiary/aromatic N) is 1. The number of hydrogen-bond donors (Lipinski definition) is 2. The third kappa shape index (κ3) is 4.31. The van der Waals surface area contributed by atoms with Crippen LogP contribution in [0.3, 0.4) is 0 Å². The van der Waals surface area contributed by atoms with Gasteiger partial charge in [0.1, 0.15) is 11.5 Å². The molecule has 29 heavy (non-hydrogen) atoms. The topological polar surface area (TPSA) is 102 Å². The van der Waals surface area contributed by atoms with E-state index in [0.717, 1.165) is 5.56 Å². The highest BCUT2D eigenvalue weighted by atomic mass is 16.5. The van der Waals surface area contributed by atoms with Crippen LogP contribution >= 0.6 is 0 Å². The number of aryl methyl sites for hydroxylation is 1. The third-order valence-corrected chi connectivity index (χ3v) is 4.75. The van der Waals surface area contributed by atoms with Gasteiger partial charge in [-0.1, -0.05) is 12.1 Å². The van der Waals surface area contributed by atoms with E-state index in [2.05, 4.69) is 10.3 Å². The summed E-state index contributed by atoms with van der Waals surface area (Å²) in [5.74, 6) is 1.07. The van der Waals surface area contributed by atoms with Gasteiger partial charge in [0.25, 0.3) is 5.56 Å². The number of H-pyrrole nitrogens is 1. The summed E-state index contributed by atoms with van der Waals surface area (Å²) >= 11 is 0. The summed E-state index contributed by atoms with van der Waals surface area (Å²) < 4.78 is 12.0. The maximum absolute atomic E-state index is 12.5. The molecular formula is C21H23N3O5. The quantitative estimate of drug-likeness (QED) is 0.635. The molecule has 1 amide bonds. The van der Waals surface area contributed by atoms with Gasteiger partial charge < -0.3 is 14.8 Å². The van der Waals surface area contributed by atoms with Gasteiger partial charge in [-0.3, -0.25) is 19.1 Å². The number of ether oxygens (including phenoxy) is 2. The van der Waals surface area contributed by atoms with E-state index < -0.39 is 11.2 Å². The lowest BCUT2D eigenvalue weighted by Crippen LogP contribution is -2.33. The molecule has 1 atom stereocenters. The number of carbonyl (C=O) groups excluding carboxylic acids is 1. The molecule has 0 unspecified atom stereocenters. The highest BCUT2D eigenvalue weighted by Crippen LogP contribution is 2.29. The third-order valence-electron chi connectivity index (χ3n) is 4.75. The molecule has 0 saturated heterocycles. The van der Waals surface area contributed by atoms with Crippen molar-refractivity contribution >= 4 is 16.8 Å². The van der Waals surface area contributed by atoms with Gasteiger partial charge in [-0.2, -0.15) is 0 Å². The molecule has 3 aromatic rings. The smallest absolute Gasteiger partial charge is 0.328 e. The Bertz CT molecular complexity index is 1150. The molecule has 0 spiro atoms. The molecule has 1 aromatic heterocycles. The van der Waals surface area contributed by atoms with Crippen molar-refractivity contribution in [1.82, 2.24) is 14.9 Å². The standard InChI is InChI=1S/C21H23N3O5/c1-13(16-12-14(28-2)8-9-18(16)29-3)22-19(25)10-11-24-17-7-5-4-6-15(17)20(26)23-21(24)27/h4-9,12-13H,10-11H2,1-3H3,(H,22,25)(H,23,26,27)/t13-/m0/s1. The van der Waals surface area contributed by atoms with E-state index in [9.17, 15) is 14.4 Å².